The van der Waals surface area contributed by atoms with Crippen LogP contribution in [0.3, 0.4) is 0 Å². The highest BCUT2D eigenvalue weighted by molar-refractivity contribution is 7.89. The number of rotatable bonds is 7. The highest BCUT2D eigenvalue weighted by Crippen LogP contribution is 2.23. The Balaban J connectivity index is 2.11. The van der Waals surface area contributed by atoms with Gasteiger partial charge in [-0.2, -0.15) is 4.31 Å². The molecule has 1 aliphatic heterocycles. The van der Waals surface area contributed by atoms with Gasteiger partial charge in [0.25, 0.3) is 0 Å². The fraction of sp³-hybridized carbons (Fsp3) is 0.588. The number of hydrogen-bond acceptors (Lipinski definition) is 5. The number of hydrogen-bond donors (Lipinski definition) is 1. The summed E-state index contributed by atoms with van der Waals surface area (Å²) in [4.78, 5) is 12.7. The third-order valence-corrected chi connectivity index (χ3v) is 6.05. The maximum Gasteiger partial charge on any atom is 0.317 e. The number of ether oxygens (including phenoxy) is 1. The summed E-state index contributed by atoms with van der Waals surface area (Å²) >= 11 is 0. The Bertz CT molecular complexity index is 705. The third-order valence-electron chi connectivity index (χ3n) is 4.18. The van der Waals surface area contributed by atoms with Crippen molar-refractivity contribution in [3.8, 4) is 0 Å². The van der Waals surface area contributed by atoms with Gasteiger partial charge in [-0.25, -0.2) is 8.42 Å². The molecule has 1 N–H and O–H groups in total. The lowest BCUT2D eigenvalue weighted by Crippen LogP contribution is -2.49. The van der Waals surface area contributed by atoms with Crippen molar-refractivity contribution in [2.75, 3.05) is 39.8 Å². The first-order valence-electron chi connectivity index (χ1n) is 8.32. The van der Waals surface area contributed by atoms with Gasteiger partial charge in [0, 0.05) is 19.6 Å². The Morgan fingerprint density at radius 3 is 2.80 bits per heavy atom. The Hall–Kier alpha value is -1.48. The van der Waals surface area contributed by atoms with Crippen molar-refractivity contribution in [1.29, 1.82) is 0 Å². The van der Waals surface area contributed by atoms with Crippen molar-refractivity contribution < 1.29 is 23.1 Å². The molecule has 1 aromatic carbocycles. The summed E-state index contributed by atoms with van der Waals surface area (Å²) in [6.45, 7) is 5.12. The molecular weight excluding hydrogens is 344 g/mol. The minimum Gasteiger partial charge on any atom is -0.480 e. The zero-order valence-electron chi connectivity index (χ0n) is 14.9. The number of likely N-dealkylation sites (N-methyl/N-ethyl adjacent to an activating group) is 1. The quantitative estimate of drug-likeness (QED) is 0.776. The fourth-order valence-corrected chi connectivity index (χ4v) is 4.36. The van der Waals surface area contributed by atoms with E-state index < -0.39 is 16.0 Å². The van der Waals surface area contributed by atoms with Crippen molar-refractivity contribution in [2.45, 2.75) is 30.8 Å². The van der Waals surface area contributed by atoms with Gasteiger partial charge in [0.05, 0.1) is 24.2 Å². The maximum absolute atomic E-state index is 12.9. The topological polar surface area (TPSA) is 87.2 Å². The predicted octanol–water partition coefficient (Wildman–Crippen LogP) is 1.22. The third kappa shape index (κ3) is 5.24. The fourth-order valence-electron chi connectivity index (χ4n) is 2.85. The minimum absolute atomic E-state index is 0.108. The smallest absolute Gasteiger partial charge is 0.317 e. The number of aliphatic carboxylic acids is 1. The van der Waals surface area contributed by atoms with Crippen molar-refractivity contribution >= 4 is 16.0 Å². The molecule has 0 aliphatic carbocycles. The zero-order chi connectivity index (χ0) is 18.6. The lowest BCUT2D eigenvalue weighted by molar-refractivity contribution is -0.138. The van der Waals surface area contributed by atoms with E-state index in [1.165, 1.54) is 4.31 Å². The average molecular weight is 370 g/mol. The number of benzene rings is 1. The Morgan fingerprint density at radius 2 is 2.16 bits per heavy atom. The molecule has 1 fully saturated rings. The van der Waals surface area contributed by atoms with Crippen LogP contribution in [0.2, 0.25) is 0 Å². The molecule has 1 heterocycles. The lowest BCUT2D eigenvalue weighted by atomic mass is 10.0. The molecule has 7 nitrogen and oxygen atoms in total. The molecule has 1 aromatic rings. The second-order valence-corrected chi connectivity index (χ2v) is 8.61. The Kier molecular flexibility index (Phi) is 6.56. The zero-order valence-corrected chi connectivity index (χ0v) is 15.7. The van der Waals surface area contributed by atoms with Gasteiger partial charge < -0.3 is 9.84 Å². The van der Waals surface area contributed by atoms with Crippen molar-refractivity contribution in [3.63, 3.8) is 0 Å². The number of morpholine rings is 1. The van der Waals surface area contributed by atoms with Gasteiger partial charge in [0.1, 0.15) is 0 Å². The van der Waals surface area contributed by atoms with Gasteiger partial charge in [0.2, 0.25) is 10.0 Å². The number of carbonyl (C=O) groups is 1. The van der Waals surface area contributed by atoms with E-state index >= 15 is 0 Å². The molecule has 140 valence electrons. The molecule has 1 saturated heterocycles. The van der Waals surface area contributed by atoms with E-state index in [4.69, 9.17) is 9.84 Å². The SMILES string of the molecule is CC(C)c1cccc(S(=O)(=O)N2CCOC(CN(C)CC(=O)O)C2)c1. The standard InChI is InChI=1S/C17H26N2O5S/c1-13(2)14-5-4-6-16(9-14)25(22,23)19-7-8-24-15(11-19)10-18(3)12-17(20)21/h4-6,9,13,15H,7-8,10-12H2,1-3H3,(H,20,21). The van der Waals surface area contributed by atoms with E-state index in [0.717, 1.165) is 5.56 Å². The minimum atomic E-state index is -3.59. The van der Waals surface area contributed by atoms with Crippen LogP contribution < -0.4 is 0 Å². The van der Waals surface area contributed by atoms with Crippen LogP contribution in [-0.2, 0) is 19.6 Å². The van der Waals surface area contributed by atoms with E-state index in [2.05, 4.69) is 0 Å². The number of carboxylic acids is 1. The molecule has 0 spiro atoms. The first-order valence-corrected chi connectivity index (χ1v) is 9.76. The van der Waals surface area contributed by atoms with Crippen LogP contribution in [0.1, 0.15) is 25.3 Å². The summed E-state index contributed by atoms with van der Waals surface area (Å²) in [5.74, 6) is -0.675. The Labute approximate surface area is 149 Å². The monoisotopic (exact) mass is 370 g/mol. The summed E-state index contributed by atoms with van der Waals surface area (Å²) < 4.78 is 32.9. The molecule has 1 atom stereocenters. The van der Waals surface area contributed by atoms with Gasteiger partial charge >= 0.3 is 5.97 Å². The molecule has 0 amide bonds. The summed E-state index contributed by atoms with van der Waals surface area (Å²) in [5.41, 5.74) is 0.979. The number of nitrogens with zero attached hydrogens (tertiary/aromatic N) is 2. The lowest BCUT2D eigenvalue weighted by Gasteiger charge is -2.34. The molecule has 0 saturated carbocycles. The largest absolute Gasteiger partial charge is 0.480 e. The normalized spacial score (nSPS) is 19.5. The summed E-state index contributed by atoms with van der Waals surface area (Å²) in [7, 11) is -1.91. The summed E-state index contributed by atoms with van der Waals surface area (Å²) in [6.07, 6.45) is -0.346. The van der Waals surface area contributed by atoms with E-state index in [1.54, 1.807) is 30.1 Å². The molecule has 2 rings (SSSR count). The van der Waals surface area contributed by atoms with Gasteiger partial charge in [-0.1, -0.05) is 26.0 Å². The highest BCUT2D eigenvalue weighted by atomic mass is 32.2. The van der Waals surface area contributed by atoms with Crippen LogP contribution in [0.5, 0.6) is 0 Å². The molecular formula is C17H26N2O5S. The van der Waals surface area contributed by atoms with Gasteiger partial charge in [0.15, 0.2) is 0 Å². The molecule has 0 bridgehead atoms. The number of sulfonamides is 1. The highest BCUT2D eigenvalue weighted by Gasteiger charge is 2.31. The summed E-state index contributed by atoms with van der Waals surface area (Å²) in [5, 5.41) is 8.83. The van der Waals surface area contributed by atoms with Crippen LogP contribution in [-0.4, -0.2) is 74.6 Å². The Morgan fingerprint density at radius 1 is 1.44 bits per heavy atom. The second kappa shape index (κ2) is 8.27. The molecule has 8 heteroatoms. The molecule has 1 unspecified atom stereocenters. The van der Waals surface area contributed by atoms with Crippen LogP contribution >= 0.6 is 0 Å². The first kappa shape index (κ1) is 19.8. The molecule has 25 heavy (non-hydrogen) atoms. The average Bonchev–Trinajstić information content (AvgIpc) is 2.54. The molecule has 0 aromatic heterocycles. The molecule has 0 radical (unpaired) electrons. The number of carboxylic acid groups (broad SMARTS) is 1. The van der Waals surface area contributed by atoms with E-state index in [0.29, 0.717) is 24.6 Å². The maximum atomic E-state index is 12.9. The van der Waals surface area contributed by atoms with Crippen molar-refractivity contribution in [3.05, 3.63) is 29.8 Å². The van der Waals surface area contributed by atoms with E-state index in [9.17, 15) is 13.2 Å². The molecule has 1 aliphatic rings. The van der Waals surface area contributed by atoms with Crippen LogP contribution in [0.25, 0.3) is 0 Å². The van der Waals surface area contributed by atoms with Crippen molar-refractivity contribution in [2.24, 2.45) is 0 Å². The van der Waals surface area contributed by atoms with Crippen LogP contribution in [0.4, 0.5) is 0 Å². The van der Waals surface area contributed by atoms with Gasteiger partial charge in [-0.15, -0.1) is 0 Å². The second-order valence-electron chi connectivity index (χ2n) is 6.67. The van der Waals surface area contributed by atoms with E-state index in [1.807, 2.05) is 19.9 Å². The first-order chi connectivity index (χ1) is 11.7. The van der Waals surface area contributed by atoms with E-state index in [-0.39, 0.29) is 25.1 Å². The van der Waals surface area contributed by atoms with Gasteiger partial charge in [-0.3, -0.25) is 9.69 Å². The summed E-state index contributed by atoms with van der Waals surface area (Å²) in [6, 6.07) is 7.02. The van der Waals surface area contributed by atoms with Crippen molar-refractivity contribution in [1.82, 2.24) is 9.21 Å². The predicted molar refractivity (Wildman–Crippen MR) is 94.2 cm³/mol. The van der Waals surface area contributed by atoms with Crippen LogP contribution in [0.15, 0.2) is 29.2 Å². The van der Waals surface area contributed by atoms with Crippen LogP contribution in [0, 0.1) is 0 Å². The van der Waals surface area contributed by atoms with Gasteiger partial charge in [-0.05, 0) is 30.7 Å².